The number of urea groups is 1. The number of likely N-dealkylation sites (tertiary alicyclic amines) is 1. The number of carbonyl (C=O) groups is 2. The average Bonchev–Trinajstić information content (AvgIpc) is 1.63. The number of nitrogens with zero attached hydrogens (tertiary/aromatic N) is 18. The summed E-state index contributed by atoms with van der Waals surface area (Å²) < 4.78 is 36.2. The van der Waals surface area contributed by atoms with Crippen LogP contribution in [-0.2, 0) is 17.6 Å². The number of thiazole rings is 2. The summed E-state index contributed by atoms with van der Waals surface area (Å²) in [6, 6.07) is 24.9. The van der Waals surface area contributed by atoms with E-state index >= 15 is 0 Å². The number of halogens is 2. The van der Waals surface area contributed by atoms with Crippen LogP contribution in [0.1, 0.15) is 70.6 Å². The molecule has 4 fully saturated rings. The van der Waals surface area contributed by atoms with E-state index in [1.165, 1.54) is 46.9 Å². The molecule has 0 unspecified atom stereocenters. The van der Waals surface area contributed by atoms with Crippen molar-refractivity contribution in [3.05, 3.63) is 143 Å². The lowest BCUT2D eigenvalue weighted by Gasteiger charge is -2.37. The van der Waals surface area contributed by atoms with Crippen LogP contribution in [0.2, 0.25) is 0 Å². The summed E-state index contributed by atoms with van der Waals surface area (Å²) in [6.45, 7) is 18.8. The predicted molar refractivity (Wildman–Crippen MR) is 385 cm³/mol. The highest BCUT2D eigenvalue weighted by Crippen LogP contribution is 2.40. The number of pyridine rings is 2. The number of imidazole rings is 2. The van der Waals surface area contributed by atoms with Gasteiger partial charge in [-0.2, -0.15) is 10.5 Å². The summed E-state index contributed by atoms with van der Waals surface area (Å²) in [5, 5.41) is 30.5. The first-order valence-electron chi connectivity index (χ1n) is 32.0. The fraction of sp³-hybridized carbons (Fsp3) is 0.371. The van der Waals surface area contributed by atoms with Crippen LogP contribution in [-0.4, -0.2) is 181 Å². The number of amides is 3. The first kappa shape index (κ1) is 71.5. The van der Waals surface area contributed by atoms with Crippen molar-refractivity contribution in [3.8, 4) is 56.9 Å². The topological polar surface area (TPSA) is 284 Å². The number of nitriles is 2. The van der Waals surface area contributed by atoms with Crippen molar-refractivity contribution < 1.29 is 23.1 Å². The summed E-state index contributed by atoms with van der Waals surface area (Å²) in [5.41, 5.74) is 14.6. The smallest absolute Gasteiger partial charge is 0.410 e. The fourth-order valence-corrected chi connectivity index (χ4v) is 13.1. The molecule has 4 saturated heterocycles. The summed E-state index contributed by atoms with van der Waals surface area (Å²) in [6.07, 6.45) is 12.6. The van der Waals surface area contributed by atoms with E-state index in [0.29, 0.717) is 94.2 Å². The number of hydrogen-bond acceptors (Lipinski definition) is 22. The Morgan fingerprint density at radius 3 is 1.42 bits per heavy atom. The van der Waals surface area contributed by atoms with Crippen LogP contribution in [0, 0.1) is 34.3 Å². The molecule has 0 bridgehead atoms. The summed E-state index contributed by atoms with van der Waals surface area (Å²) in [7, 11) is 3.84. The van der Waals surface area contributed by atoms with E-state index in [4.69, 9.17) is 30.4 Å². The lowest BCUT2D eigenvalue weighted by molar-refractivity contribution is 0.00882. The lowest BCUT2D eigenvalue weighted by Crippen LogP contribution is -2.61. The third-order valence-electron chi connectivity index (χ3n) is 16.7. The molecule has 10 aromatic rings. The van der Waals surface area contributed by atoms with E-state index in [2.05, 4.69) is 71.7 Å². The second-order valence-electron chi connectivity index (χ2n) is 24.7. The molecule has 4 aliphatic rings. The molecular weight excluding hydrogens is 1300 g/mol. The predicted octanol–water partition coefficient (Wildman–Crippen LogP) is 10.6. The van der Waals surface area contributed by atoms with Crippen LogP contribution in [0.15, 0.2) is 110 Å². The molecule has 99 heavy (non-hydrogen) atoms. The van der Waals surface area contributed by atoms with Crippen LogP contribution >= 0.6 is 22.7 Å². The minimum atomic E-state index is -0.406. The third-order valence-corrected chi connectivity index (χ3v) is 18.8. The molecule has 25 nitrogen and oxygen atoms in total. The highest BCUT2D eigenvalue weighted by Gasteiger charge is 2.32. The number of nitrogens with two attached hydrogens (primary N) is 1. The second kappa shape index (κ2) is 31.1. The number of benzene rings is 2. The minimum Gasteiger partial charge on any atom is -0.444 e. The molecule has 0 atom stereocenters. The number of ether oxygens (including phenoxy) is 1. The van der Waals surface area contributed by atoms with Crippen LogP contribution < -0.4 is 41.3 Å². The number of piperazine rings is 2. The first-order valence-corrected chi connectivity index (χ1v) is 33.7. The van der Waals surface area contributed by atoms with Crippen molar-refractivity contribution in [2.24, 2.45) is 5.73 Å². The van der Waals surface area contributed by atoms with Crippen molar-refractivity contribution in [3.63, 3.8) is 0 Å². The molecule has 0 saturated carbocycles. The standard InChI is InChI=1S/C32H32FN11OS.C28H26FN9S.C8H16N2O2.2CH4/c1-3-25-29(41(2)32-40-28(26(14-34)46-32)20-4-7-23(33)8-5-20)44-19-21(6-9-27(44)39-25)22-15-36-30(37-16-22)42-10-12-43(13-11-42)31(45)38-24-17-35-18-24;1-3-22-26(36(2)28-35-25(23(14-30)39-28)18-4-7-21(29)8-5-18)38-17-19(6-9-24(38)34-22)20-15-32-27(33-16-20)37-12-10-31-11-13-37;1-8(2,3)12-7(11)10-4-6(9)5-10;;/h4-9,15-16,19,24,35H,3,10-13,17-18H2,1-2H3,(H,38,45);4-9,15-17,31H,3,10-13H2,1-2H3;6H,4-5,9H2,1-3H3;2*1H4. The zero-order valence-electron chi connectivity index (χ0n) is 54.9. The Bertz CT molecular complexity index is 4520. The maximum atomic E-state index is 13.6. The number of aromatic nitrogens is 10. The zero-order chi connectivity index (χ0) is 68.1. The van der Waals surface area contributed by atoms with Gasteiger partial charge < -0.3 is 55.8 Å². The lowest BCUT2D eigenvalue weighted by atomic mass is 10.1. The van der Waals surface area contributed by atoms with E-state index in [1.807, 2.05) is 120 Å². The van der Waals surface area contributed by atoms with Gasteiger partial charge in [0.1, 0.15) is 73.4 Å². The van der Waals surface area contributed by atoms with Crippen molar-refractivity contribution >= 4 is 79.9 Å². The van der Waals surface area contributed by atoms with Gasteiger partial charge in [-0.25, -0.2) is 58.2 Å². The van der Waals surface area contributed by atoms with Crippen LogP contribution in [0.3, 0.4) is 0 Å². The van der Waals surface area contributed by atoms with Crippen LogP contribution in [0.5, 0.6) is 0 Å². The Morgan fingerprint density at radius 1 is 0.616 bits per heavy atom. The maximum Gasteiger partial charge on any atom is 0.410 e. The molecule has 14 rings (SSSR count). The van der Waals surface area contributed by atoms with Gasteiger partial charge in [-0.15, -0.1) is 0 Å². The molecule has 0 aliphatic carbocycles. The number of aryl methyl sites for hydroxylation is 2. The van der Waals surface area contributed by atoms with Crippen LogP contribution in [0.25, 0.3) is 56.1 Å². The van der Waals surface area contributed by atoms with E-state index in [9.17, 15) is 28.9 Å². The molecule has 0 spiro atoms. The SMILES string of the molecule is C.C.CC(C)(C)OC(=O)N1CC(N)C1.CCc1nc2ccc(-c3cnc(N4CCN(C(=O)NC5CNC5)CC4)nc3)cn2c1N(C)c1nc(-c2ccc(F)cc2)c(C#N)s1.CCc1nc2ccc(-c3cnc(N4CCNCC4)nc3)cn2c1N(C)c1nc(-c2ccc(F)cc2)c(C#N)s1. The highest BCUT2D eigenvalue weighted by molar-refractivity contribution is 7.17. The molecule has 4 aliphatic heterocycles. The minimum absolute atomic E-state index is 0. The highest BCUT2D eigenvalue weighted by atomic mass is 32.1. The molecular formula is C70H82F2N22O3S2. The molecule has 0 radical (unpaired) electrons. The molecule has 8 aromatic heterocycles. The molecule has 516 valence electrons. The van der Waals surface area contributed by atoms with Gasteiger partial charge in [-0.1, -0.05) is 51.4 Å². The van der Waals surface area contributed by atoms with E-state index in [-0.39, 0.29) is 50.7 Å². The Labute approximate surface area is 582 Å². The number of nitrogens with one attached hydrogen (secondary N) is 3. The van der Waals surface area contributed by atoms with Crippen molar-refractivity contribution in [1.82, 2.24) is 74.4 Å². The zero-order valence-corrected chi connectivity index (χ0v) is 56.5. The number of anilines is 6. The average molecular weight is 1380 g/mol. The van der Waals surface area contributed by atoms with Crippen molar-refractivity contribution in [2.75, 3.05) is 112 Å². The number of carbonyl (C=O) groups excluding carboxylic acids is 2. The van der Waals surface area contributed by atoms with Gasteiger partial charge in [0.25, 0.3) is 0 Å². The Morgan fingerprint density at radius 2 is 1.04 bits per heavy atom. The monoisotopic (exact) mass is 1380 g/mol. The van der Waals surface area contributed by atoms with Gasteiger partial charge in [-0.05, 0) is 106 Å². The largest absolute Gasteiger partial charge is 0.444 e. The van der Waals surface area contributed by atoms with E-state index < -0.39 is 5.60 Å². The molecule has 5 N–H and O–H groups in total. The van der Waals surface area contributed by atoms with Gasteiger partial charge in [-0.3, -0.25) is 8.80 Å². The number of fused-ring (bicyclic) bond motifs is 2. The first-order chi connectivity index (χ1) is 46.8. The maximum absolute atomic E-state index is 13.6. The molecule has 29 heteroatoms. The van der Waals surface area contributed by atoms with Gasteiger partial charge in [0.15, 0.2) is 10.3 Å². The number of rotatable bonds is 13. The van der Waals surface area contributed by atoms with Crippen molar-refractivity contribution in [2.45, 2.75) is 80.0 Å². The fourth-order valence-electron chi connectivity index (χ4n) is 11.4. The third kappa shape index (κ3) is 16.0. The summed E-state index contributed by atoms with van der Waals surface area (Å²) in [4.78, 5) is 74.2. The van der Waals surface area contributed by atoms with Gasteiger partial charge >= 0.3 is 12.1 Å². The molecule has 3 amide bonds. The van der Waals surface area contributed by atoms with Gasteiger partial charge in [0.05, 0.1) is 17.4 Å². The summed E-state index contributed by atoms with van der Waals surface area (Å²) in [5.74, 6) is 2.42. The van der Waals surface area contributed by atoms with E-state index in [0.717, 1.165) is 108 Å². The number of hydrogen-bond donors (Lipinski definition) is 4. The summed E-state index contributed by atoms with van der Waals surface area (Å²) >= 11 is 2.58. The molecule has 2 aromatic carbocycles. The van der Waals surface area contributed by atoms with Crippen LogP contribution in [0.4, 0.5) is 52.2 Å². The van der Waals surface area contributed by atoms with Crippen molar-refractivity contribution in [1.29, 1.82) is 10.5 Å². The quantitative estimate of drug-likeness (QED) is 0.0834. The second-order valence-corrected chi connectivity index (χ2v) is 26.6. The Kier molecular flexibility index (Phi) is 22.4. The Balaban J connectivity index is 0.000000182. The van der Waals surface area contributed by atoms with Gasteiger partial charge in [0, 0.05) is 169 Å². The molecule has 12 heterocycles. The van der Waals surface area contributed by atoms with Gasteiger partial charge in [0.2, 0.25) is 11.9 Å². The normalized spacial score (nSPS) is 14.6. The van der Waals surface area contributed by atoms with E-state index in [1.54, 1.807) is 29.2 Å². The Hall–Kier alpha value is -10.3.